The maximum absolute atomic E-state index is 4.22. The van der Waals surface area contributed by atoms with Crippen molar-refractivity contribution in [2.75, 3.05) is 11.9 Å². The van der Waals surface area contributed by atoms with Gasteiger partial charge in [-0.25, -0.2) is 4.58 Å². The maximum Gasteiger partial charge on any atom is 0.214 e. The second kappa shape index (κ2) is 5.66. The Morgan fingerprint density at radius 3 is 2.15 bits per heavy atom. The van der Waals surface area contributed by atoms with Crippen LogP contribution < -0.4 is 4.90 Å². The van der Waals surface area contributed by atoms with Gasteiger partial charge in [0.1, 0.15) is 6.72 Å². The number of hydrogen-bond acceptors (Lipinski definition) is 1. The number of fused-ring (bicyclic) bond motifs is 1. The smallest absolute Gasteiger partial charge is 0.214 e. The Morgan fingerprint density at radius 1 is 1.00 bits per heavy atom. The second-order valence-corrected chi connectivity index (χ2v) is 5.92. The number of nitrogens with zero attached hydrogens (tertiary/aromatic N) is 2. The van der Waals surface area contributed by atoms with Crippen molar-refractivity contribution in [2.45, 2.75) is 39.8 Å². The Bertz CT molecular complexity index is 621. The number of anilines is 1. The van der Waals surface area contributed by atoms with Gasteiger partial charge in [0, 0.05) is 19.2 Å². The van der Waals surface area contributed by atoms with Crippen LogP contribution in [-0.4, -0.2) is 30.4 Å². The summed E-state index contributed by atoms with van der Waals surface area (Å²) in [5.74, 6) is 0. The average molecular weight is 269 g/mol. The molecule has 0 spiro atoms. The van der Waals surface area contributed by atoms with Gasteiger partial charge >= 0.3 is 0 Å². The van der Waals surface area contributed by atoms with E-state index >= 15 is 0 Å². The van der Waals surface area contributed by atoms with Gasteiger partial charge in [0.25, 0.3) is 0 Å². The zero-order valence-electron chi connectivity index (χ0n) is 13.2. The molecule has 2 heteroatoms. The van der Waals surface area contributed by atoms with Gasteiger partial charge < -0.3 is 4.90 Å². The fourth-order valence-electron chi connectivity index (χ4n) is 2.39. The average Bonchev–Trinajstić information content (AvgIpc) is 2.44. The summed E-state index contributed by atoms with van der Waals surface area (Å²) in [6, 6.07) is 13.8. The molecule has 2 aromatic rings. The van der Waals surface area contributed by atoms with E-state index in [1.165, 1.54) is 22.1 Å². The van der Waals surface area contributed by atoms with Gasteiger partial charge in [0.2, 0.25) is 5.69 Å². The Labute approximate surface area is 122 Å². The van der Waals surface area contributed by atoms with E-state index in [2.05, 4.69) is 87.3 Å². The summed E-state index contributed by atoms with van der Waals surface area (Å²) in [6.45, 7) is 13.0. The lowest BCUT2D eigenvalue weighted by Gasteiger charge is -2.25. The SMILES string of the molecule is C=[N+](c1cccc2cccc(N(C)C(C)C)c12)C(C)C. The van der Waals surface area contributed by atoms with Gasteiger partial charge in [-0.3, -0.25) is 0 Å². The zero-order valence-corrected chi connectivity index (χ0v) is 13.2. The van der Waals surface area contributed by atoms with Crippen molar-refractivity contribution >= 4 is 28.9 Å². The Hall–Kier alpha value is -1.83. The first kappa shape index (κ1) is 14.6. The summed E-state index contributed by atoms with van der Waals surface area (Å²) in [4.78, 5) is 2.32. The highest BCUT2D eigenvalue weighted by Gasteiger charge is 2.19. The van der Waals surface area contributed by atoms with E-state index in [0.717, 1.165) is 0 Å². The van der Waals surface area contributed by atoms with E-state index in [1.54, 1.807) is 0 Å². The van der Waals surface area contributed by atoms with Crippen LogP contribution >= 0.6 is 0 Å². The molecule has 0 N–H and O–H groups in total. The van der Waals surface area contributed by atoms with Crippen LogP contribution in [0, 0.1) is 0 Å². The van der Waals surface area contributed by atoms with Crippen LogP contribution in [-0.2, 0) is 0 Å². The standard InChI is InChI=1S/C18H25N2/c1-13(2)19(5)16-11-7-9-15-10-8-12-17(18(15)16)20(6)14(3)4/h7-14H,5H2,1-4,6H3/q+1. The molecule has 0 aliphatic heterocycles. The third-order valence-corrected chi connectivity index (χ3v) is 3.95. The summed E-state index contributed by atoms with van der Waals surface area (Å²) in [5.41, 5.74) is 2.46. The second-order valence-electron chi connectivity index (χ2n) is 5.92. The highest BCUT2D eigenvalue weighted by atomic mass is 15.1. The lowest BCUT2D eigenvalue weighted by atomic mass is 10.0. The van der Waals surface area contributed by atoms with Crippen molar-refractivity contribution in [3.05, 3.63) is 36.4 Å². The van der Waals surface area contributed by atoms with Crippen molar-refractivity contribution in [1.82, 2.24) is 0 Å². The van der Waals surface area contributed by atoms with Crippen molar-refractivity contribution in [3.8, 4) is 0 Å². The van der Waals surface area contributed by atoms with Crippen molar-refractivity contribution in [1.29, 1.82) is 0 Å². The molecule has 106 valence electrons. The molecular weight excluding hydrogens is 244 g/mol. The predicted octanol–water partition coefficient (Wildman–Crippen LogP) is 4.44. The lowest BCUT2D eigenvalue weighted by molar-refractivity contribution is -0.465. The van der Waals surface area contributed by atoms with E-state index in [9.17, 15) is 0 Å². The fraction of sp³-hybridized carbons (Fsp3) is 0.389. The maximum atomic E-state index is 4.22. The molecule has 0 amide bonds. The van der Waals surface area contributed by atoms with Gasteiger partial charge in [-0.15, -0.1) is 0 Å². The molecule has 0 aliphatic carbocycles. The number of hydrogen-bond donors (Lipinski definition) is 0. The number of benzene rings is 2. The van der Waals surface area contributed by atoms with Crippen LogP contribution in [0.15, 0.2) is 36.4 Å². The molecule has 0 heterocycles. The Balaban J connectivity index is 2.74. The monoisotopic (exact) mass is 269 g/mol. The van der Waals surface area contributed by atoms with Crippen LogP contribution in [0.25, 0.3) is 10.8 Å². The third-order valence-electron chi connectivity index (χ3n) is 3.95. The van der Waals surface area contributed by atoms with Crippen LogP contribution in [0.3, 0.4) is 0 Å². The largest absolute Gasteiger partial charge is 0.371 e. The normalized spacial score (nSPS) is 11.3. The van der Waals surface area contributed by atoms with E-state index in [1.807, 2.05) is 0 Å². The molecule has 2 rings (SSSR count). The molecule has 0 saturated carbocycles. The molecular formula is C18H25N2+. The molecule has 0 saturated heterocycles. The minimum Gasteiger partial charge on any atom is -0.371 e. The van der Waals surface area contributed by atoms with E-state index in [0.29, 0.717) is 12.1 Å². The van der Waals surface area contributed by atoms with Gasteiger partial charge in [-0.05, 0) is 39.1 Å². The summed E-state index contributed by atoms with van der Waals surface area (Å²) in [7, 11) is 2.15. The summed E-state index contributed by atoms with van der Waals surface area (Å²) < 4.78 is 2.10. The molecule has 0 aliphatic rings. The van der Waals surface area contributed by atoms with E-state index in [-0.39, 0.29) is 0 Å². The molecule has 0 radical (unpaired) electrons. The fourth-order valence-corrected chi connectivity index (χ4v) is 2.39. The Morgan fingerprint density at radius 2 is 1.60 bits per heavy atom. The van der Waals surface area contributed by atoms with E-state index < -0.39 is 0 Å². The molecule has 0 bridgehead atoms. The third kappa shape index (κ3) is 2.55. The highest BCUT2D eigenvalue weighted by Crippen LogP contribution is 2.35. The molecule has 0 atom stereocenters. The predicted molar refractivity (Wildman–Crippen MR) is 89.7 cm³/mol. The van der Waals surface area contributed by atoms with Crippen LogP contribution in [0.2, 0.25) is 0 Å². The first-order chi connectivity index (χ1) is 9.43. The first-order valence-electron chi connectivity index (χ1n) is 7.27. The summed E-state index contributed by atoms with van der Waals surface area (Å²) in [6.07, 6.45) is 0. The molecule has 2 aromatic carbocycles. The van der Waals surface area contributed by atoms with Crippen molar-refractivity contribution in [2.24, 2.45) is 0 Å². The van der Waals surface area contributed by atoms with Gasteiger partial charge in [0.15, 0.2) is 6.04 Å². The molecule has 0 unspecified atom stereocenters. The van der Waals surface area contributed by atoms with Gasteiger partial charge in [-0.2, -0.15) is 0 Å². The Kier molecular flexibility index (Phi) is 4.12. The van der Waals surface area contributed by atoms with Crippen LogP contribution in [0.4, 0.5) is 11.4 Å². The molecule has 0 aromatic heterocycles. The molecule has 0 fully saturated rings. The minimum absolute atomic E-state index is 0.373. The van der Waals surface area contributed by atoms with Gasteiger partial charge in [-0.1, -0.05) is 24.3 Å². The van der Waals surface area contributed by atoms with E-state index in [4.69, 9.17) is 0 Å². The molecule has 20 heavy (non-hydrogen) atoms. The number of rotatable bonds is 4. The van der Waals surface area contributed by atoms with Gasteiger partial charge in [0.05, 0.1) is 11.1 Å². The minimum atomic E-state index is 0.373. The highest BCUT2D eigenvalue weighted by molar-refractivity contribution is 6.01. The van der Waals surface area contributed by atoms with Crippen molar-refractivity contribution < 1.29 is 4.58 Å². The quantitative estimate of drug-likeness (QED) is 0.587. The van der Waals surface area contributed by atoms with Crippen LogP contribution in [0.1, 0.15) is 27.7 Å². The van der Waals surface area contributed by atoms with Crippen LogP contribution in [0.5, 0.6) is 0 Å². The lowest BCUT2D eigenvalue weighted by Crippen LogP contribution is -2.26. The first-order valence-corrected chi connectivity index (χ1v) is 7.27. The summed E-state index contributed by atoms with van der Waals surface area (Å²) >= 11 is 0. The topological polar surface area (TPSA) is 6.25 Å². The van der Waals surface area contributed by atoms with Crippen molar-refractivity contribution in [3.63, 3.8) is 0 Å². The molecule has 2 nitrogen and oxygen atoms in total. The summed E-state index contributed by atoms with van der Waals surface area (Å²) in [5, 5.41) is 2.55. The zero-order chi connectivity index (χ0) is 14.9.